The van der Waals surface area contributed by atoms with Crippen molar-refractivity contribution in [3.05, 3.63) is 55.3 Å². The Balaban J connectivity index is 1.83. The van der Waals surface area contributed by atoms with Crippen LogP contribution < -0.4 is 5.32 Å². The summed E-state index contributed by atoms with van der Waals surface area (Å²) >= 11 is 3.72. The molecule has 1 amide bonds. The van der Waals surface area contributed by atoms with E-state index in [1.807, 2.05) is 11.4 Å². The summed E-state index contributed by atoms with van der Waals surface area (Å²) in [5.74, 6) is -1.01. The number of amides is 1. The number of benzene rings is 1. The van der Waals surface area contributed by atoms with Gasteiger partial charge in [-0.25, -0.2) is 4.79 Å². The molecule has 0 unspecified atom stereocenters. The van der Waals surface area contributed by atoms with Crippen molar-refractivity contribution in [1.82, 2.24) is 5.32 Å². The van der Waals surface area contributed by atoms with E-state index in [4.69, 9.17) is 5.11 Å². The van der Waals surface area contributed by atoms with Crippen LogP contribution in [0.15, 0.2) is 35.7 Å². The monoisotopic (exact) mass is 401 g/mol. The molecular weight excluding hydrogens is 389 g/mol. The van der Waals surface area contributed by atoms with E-state index in [9.17, 15) is 9.59 Å². The van der Waals surface area contributed by atoms with Gasteiger partial charge in [0.2, 0.25) is 0 Å². The minimum Gasteiger partial charge on any atom is -0.478 e. The number of carboxylic acids is 1. The minimum atomic E-state index is -0.933. The first-order valence-corrected chi connectivity index (χ1v) is 7.86. The highest BCUT2D eigenvalue weighted by Crippen LogP contribution is 2.16. The predicted molar refractivity (Wildman–Crippen MR) is 86.5 cm³/mol. The predicted octanol–water partition coefficient (Wildman–Crippen LogP) is 3.02. The molecule has 2 rings (SSSR count). The molecule has 0 bridgehead atoms. The first-order chi connectivity index (χ1) is 9.56. The summed E-state index contributed by atoms with van der Waals surface area (Å²) in [6.45, 7) is 0.525. The highest BCUT2D eigenvalue weighted by molar-refractivity contribution is 14.1. The molecule has 0 spiro atoms. The number of carbonyl (C=O) groups is 2. The molecule has 0 saturated heterocycles. The van der Waals surface area contributed by atoms with Gasteiger partial charge in [-0.15, -0.1) is 11.3 Å². The number of hydrogen-bond acceptors (Lipinski definition) is 3. The Morgan fingerprint density at radius 3 is 2.45 bits per heavy atom. The van der Waals surface area contributed by atoms with Crippen LogP contribution in [0.1, 0.15) is 26.3 Å². The molecule has 104 valence electrons. The second-order valence-electron chi connectivity index (χ2n) is 4.15. The van der Waals surface area contributed by atoms with Gasteiger partial charge in [0.05, 0.1) is 14.0 Å². The van der Waals surface area contributed by atoms with Gasteiger partial charge in [-0.1, -0.05) is 12.1 Å². The summed E-state index contributed by atoms with van der Waals surface area (Å²) in [5, 5.41) is 13.5. The van der Waals surface area contributed by atoms with Gasteiger partial charge < -0.3 is 10.4 Å². The summed E-state index contributed by atoms with van der Waals surface area (Å²) in [6.07, 6.45) is 0.673. The van der Waals surface area contributed by atoms with Crippen molar-refractivity contribution in [3.63, 3.8) is 0 Å². The smallest absolute Gasteiger partial charge is 0.335 e. The van der Waals surface area contributed by atoms with Crippen LogP contribution in [-0.2, 0) is 6.42 Å². The molecule has 1 aromatic carbocycles. The molecule has 0 atom stereocenters. The zero-order chi connectivity index (χ0) is 14.5. The fraction of sp³-hybridized carbons (Fsp3) is 0.143. The van der Waals surface area contributed by atoms with Crippen molar-refractivity contribution in [1.29, 1.82) is 0 Å². The number of nitrogens with one attached hydrogen (secondary N) is 1. The SMILES string of the molecule is O=C(O)c1ccc(CCNC(=O)c2csc(I)c2)cc1. The van der Waals surface area contributed by atoms with Gasteiger partial charge >= 0.3 is 5.97 Å². The summed E-state index contributed by atoms with van der Waals surface area (Å²) in [5.41, 5.74) is 1.95. The molecule has 0 radical (unpaired) electrons. The van der Waals surface area contributed by atoms with Crippen LogP contribution >= 0.6 is 33.9 Å². The molecule has 0 fully saturated rings. The lowest BCUT2D eigenvalue weighted by atomic mass is 10.1. The van der Waals surface area contributed by atoms with Crippen LogP contribution in [0.5, 0.6) is 0 Å². The van der Waals surface area contributed by atoms with Gasteiger partial charge in [0.15, 0.2) is 0 Å². The quantitative estimate of drug-likeness (QED) is 0.758. The highest BCUT2D eigenvalue weighted by Gasteiger charge is 2.07. The van der Waals surface area contributed by atoms with E-state index in [1.165, 1.54) is 11.3 Å². The van der Waals surface area contributed by atoms with Crippen LogP contribution in [0.3, 0.4) is 0 Å². The van der Waals surface area contributed by atoms with Crippen molar-refractivity contribution < 1.29 is 14.7 Å². The first kappa shape index (κ1) is 15.0. The second-order valence-corrected chi connectivity index (χ2v) is 6.95. The molecule has 20 heavy (non-hydrogen) atoms. The van der Waals surface area contributed by atoms with Crippen molar-refractivity contribution in [2.75, 3.05) is 6.54 Å². The Hall–Kier alpha value is -1.41. The lowest BCUT2D eigenvalue weighted by Crippen LogP contribution is -2.25. The number of thiophene rings is 1. The Kier molecular flexibility index (Phi) is 5.13. The maximum Gasteiger partial charge on any atom is 0.335 e. The molecule has 6 heteroatoms. The van der Waals surface area contributed by atoms with E-state index < -0.39 is 5.97 Å². The largest absolute Gasteiger partial charge is 0.478 e. The highest BCUT2D eigenvalue weighted by atomic mass is 127. The first-order valence-electron chi connectivity index (χ1n) is 5.91. The average molecular weight is 401 g/mol. The third-order valence-electron chi connectivity index (χ3n) is 2.73. The van der Waals surface area contributed by atoms with Gasteiger partial charge in [-0.2, -0.15) is 0 Å². The number of rotatable bonds is 5. The molecule has 0 aliphatic carbocycles. The third-order valence-corrected chi connectivity index (χ3v) is 4.52. The molecule has 1 aromatic heterocycles. The lowest BCUT2D eigenvalue weighted by Gasteiger charge is -2.04. The van der Waals surface area contributed by atoms with Gasteiger partial charge in [0.1, 0.15) is 0 Å². The fourth-order valence-electron chi connectivity index (χ4n) is 1.67. The molecule has 1 heterocycles. The third kappa shape index (κ3) is 4.04. The van der Waals surface area contributed by atoms with Crippen LogP contribution in [0.25, 0.3) is 0 Å². The fourth-order valence-corrected chi connectivity index (χ4v) is 2.99. The summed E-state index contributed by atoms with van der Waals surface area (Å²) in [7, 11) is 0. The average Bonchev–Trinajstić information content (AvgIpc) is 2.86. The molecule has 0 saturated carbocycles. The summed E-state index contributed by atoms with van der Waals surface area (Å²) in [4.78, 5) is 22.5. The molecular formula is C14H12INO3S. The van der Waals surface area contributed by atoms with Gasteiger partial charge in [0.25, 0.3) is 5.91 Å². The zero-order valence-electron chi connectivity index (χ0n) is 10.4. The topological polar surface area (TPSA) is 66.4 Å². The summed E-state index contributed by atoms with van der Waals surface area (Å²) in [6, 6.07) is 8.52. The zero-order valence-corrected chi connectivity index (χ0v) is 13.4. The second kappa shape index (κ2) is 6.85. The molecule has 0 aliphatic rings. The van der Waals surface area contributed by atoms with E-state index in [-0.39, 0.29) is 11.5 Å². The van der Waals surface area contributed by atoms with Crippen molar-refractivity contribution >= 4 is 45.8 Å². The van der Waals surface area contributed by atoms with Crippen LogP contribution in [0, 0.1) is 2.88 Å². The number of carbonyl (C=O) groups excluding carboxylic acids is 1. The van der Waals surface area contributed by atoms with Crippen molar-refractivity contribution in [3.8, 4) is 0 Å². The number of carboxylic acid groups (broad SMARTS) is 1. The molecule has 2 aromatic rings. The van der Waals surface area contributed by atoms with E-state index in [1.54, 1.807) is 24.3 Å². The Bertz CT molecular complexity index is 622. The van der Waals surface area contributed by atoms with Gasteiger partial charge in [0, 0.05) is 11.9 Å². The molecule has 2 N–H and O–H groups in total. The number of halogens is 1. The van der Waals surface area contributed by atoms with E-state index in [2.05, 4.69) is 27.9 Å². The van der Waals surface area contributed by atoms with Gasteiger partial charge in [-0.3, -0.25) is 4.79 Å². The Morgan fingerprint density at radius 2 is 1.90 bits per heavy atom. The number of aromatic carboxylic acids is 1. The summed E-state index contributed by atoms with van der Waals surface area (Å²) < 4.78 is 1.08. The number of hydrogen-bond donors (Lipinski definition) is 2. The van der Waals surface area contributed by atoms with Crippen molar-refractivity contribution in [2.45, 2.75) is 6.42 Å². The van der Waals surface area contributed by atoms with Crippen LogP contribution in [0.4, 0.5) is 0 Å². The van der Waals surface area contributed by atoms with E-state index in [0.717, 1.165) is 8.45 Å². The normalized spacial score (nSPS) is 10.2. The Labute approximate surface area is 134 Å². The van der Waals surface area contributed by atoms with E-state index >= 15 is 0 Å². The Morgan fingerprint density at radius 1 is 1.20 bits per heavy atom. The molecule has 4 nitrogen and oxygen atoms in total. The van der Waals surface area contributed by atoms with Crippen LogP contribution in [0.2, 0.25) is 0 Å². The maximum atomic E-state index is 11.8. The van der Waals surface area contributed by atoms with Crippen LogP contribution in [-0.4, -0.2) is 23.5 Å². The standard InChI is InChI=1S/C14H12INO3S/c15-12-7-11(8-20-12)13(17)16-6-5-9-1-3-10(4-2-9)14(18)19/h1-4,7-8H,5-6H2,(H,16,17)(H,18,19). The lowest BCUT2D eigenvalue weighted by molar-refractivity contribution is 0.0696. The van der Waals surface area contributed by atoms with E-state index in [0.29, 0.717) is 18.5 Å². The molecule has 0 aliphatic heterocycles. The minimum absolute atomic E-state index is 0.0775. The van der Waals surface area contributed by atoms with Gasteiger partial charge in [-0.05, 0) is 52.8 Å². The maximum absolute atomic E-state index is 11.8. The van der Waals surface area contributed by atoms with Crippen molar-refractivity contribution in [2.24, 2.45) is 0 Å².